The lowest BCUT2D eigenvalue weighted by Crippen LogP contribution is -2.25. The van der Waals surface area contributed by atoms with Crippen LogP contribution < -0.4 is 10.1 Å². The Morgan fingerprint density at radius 3 is 2.84 bits per heavy atom. The predicted molar refractivity (Wildman–Crippen MR) is 78.8 cm³/mol. The smallest absolute Gasteiger partial charge is 0.255 e. The Bertz CT molecular complexity index is 410. The first-order valence-corrected chi connectivity index (χ1v) is 7.17. The minimum Gasteiger partial charge on any atom is -0.496 e. The topological polar surface area (TPSA) is 47.6 Å². The molecule has 1 aromatic rings. The second-order valence-corrected chi connectivity index (χ2v) is 4.98. The number of methoxy groups -OCH3 is 1. The summed E-state index contributed by atoms with van der Waals surface area (Å²) in [6.45, 7) is 4.11. The zero-order valence-corrected chi connectivity index (χ0v) is 13.0. The van der Waals surface area contributed by atoms with Crippen LogP contribution in [0.1, 0.15) is 30.1 Å². The van der Waals surface area contributed by atoms with Crippen LogP contribution in [-0.4, -0.2) is 32.8 Å². The van der Waals surface area contributed by atoms with Gasteiger partial charge in [-0.15, -0.1) is 0 Å². The van der Waals surface area contributed by atoms with E-state index in [1.807, 2.05) is 6.07 Å². The van der Waals surface area contributed by atoms with Gasteiger partial charge in [-0.05, 0) is 31.0 Å². The minimum atomic E-state index is -0.125. The molecule has 5 heteroatoms. The normalized spacial score (nSPS) is 10.3. The highest BCUT2D eigenvalue weighted by Gasteiger charge is 2.11. The third-order valence-corrected chi connectivity index (χ3v) is 3.00. The molecule has 1 N–H and O–H groups in total. The van der Waals surface area contributed by atoms with E-state index in [9.17, 15) is 4.79 Å². The summed E-state index contributed by atoms with van der Waals surface area (Å²) in [6, 6.07) is 5.34. The molecule has 1 amide bonds. The van der Waals surface area contributed by atoms with Crippen molar-refractivity contribution in [2.45, 2.75) is 19.8 Å². The number of rotatable bonds is 8. The van der Waals surface area contributed by atoms with Crippen LogP contribution in [0.2, 0.25) is 0 Å². The molecular weight excluding hydrogens is 310 g/mol. The standard InChI is InChI=1S/C14H20BrNO3/c1-3-8-19-9-4-7-16-14(17)12-6-5-11(15)10-13(12)18-2/h5-6,10H,3-4,7-9H2,1-2H3,(H,16,17). The van der Waals surface area contributed by atoms with E-state index in [0.29, 0.717) is 24.5 Å². The number of hydrogen-bond donors (Lipinski definition) is 1. The van der Waals surface area contributed by atoms with Crippen LogP contribution in [-0.2, 0) is 4.74 Å². The first kappa shape index (κ1) is 16.0. The Kier molecular flexibility index (Phi) is 7.52. The molecule has 0 radical (unpaired) electrons. The van der Waals surface area contributed by atoms with Crippen molar-refractivity contribution in [3.63, 3.8) is 0 Å². The molecule has 1 rings (SSSR count). The molecule has 0 saturated carbocycles. The van der Waals surface area contributed by atoms with E-state index in [-0.39, 0.29) is 5.91 Å². The van der Waals surface area contributed by atoms with Crippen LogP contribution >= 0.6 is 15.9 Å². The van der Waals surface area contributed by atoms with Gasteiger partial charge in [0.25, 0.3) is 5.91 Å². The third-order valence-electron chi connectivity index (χ3n) is 2.51. The second kappa shape index (κ2) is 8.93. The van der Waals surface area contributed by atoms with Gasteiger partial charge in [-0.1, -0.05) is 22.9 Å². The number of hydrogen-bond acceptors (Lipinski definition) is 3. The number of nitrogens with one attached hydrogen (secondary N) is 1. The van der Waals surface area contributed by atoms with Crippen molar-refractivity contribution >= 4 is 21.8 Å². The Morgan fingerprint density at radius 1 is 1.37 bits per heavy atom. The Balaban J connectivity index is 2.41. The van der Waals surface area contributed by atoms with Gasteiger partial charge >= 0.3 is 0 Å². The quantitative estimate of drug-likeness (QED) is 0.746. The number of amides is 1. The highest BCUT2D eigenvalue weighted by atomic mass is 79.9. The summed E-state index contributed by atoms with van der Waals surface area (Å²) in [7, 11) is 1.55. The van der Waals surface area contributed by atoms with Crippen LogP contribution in [0.25, 0.3) is 0 Å². The van der Waals surface area contributed by atoms with E-state index in [1.165, 1.54) is 0 Å². The van der Waals surface area contributed by atoms with Crippen molar-refractivity contribution in [2.75, 3.05) is 26.9 Å². The molecule has 0 bridgehead atoms. The molecule has 0 spiro atoms. The monoisotopic (exact) mass is 329 g/mol. The summed E-state index contributed by atoms with van der Waals surface area (Å²) in [4.78, 5) is 12.0. The van der Waals surface area contributed by atoms with Crippen LogP contribution in [0.4, 0.5) is 0 Å². The fourth-order valence-electron chi connectivity index (χ4n) is 1.57. The predicted octanol–water partition coefficient (Wildman–Crippen LogP) is 3.00. The zero-order chi connectivity index (χ0) is 14.1. The fraction of sp³-hybridized carbons (Fsp3) is 0.500. The Morgan fingerprint density at radius 2 is 2.16 bits per heavy atom. The van der Waals surface area contributed by atoms with Gasteiger partial charge in [0.15, 0.2) is 0 Å². The lowest BCUT2D eigenvalue weighted by atomic mass is 10.2. The van der Waals surface area contributed by atoms with Gasteiger partial charge in [0.2, 0.25) is 0 Å². The van der Waals surface area contributed by atoms with Gasteiger partial charge < -0.3 is 14.8 Å². The number of carbonyl (C=O) groups is 1. The molecule has 0 aliphatic heterocycles. The van der Waals surface area contributed by atoms with Crippen molar-refractivity contribution in [2.24, 2.45) is 0 Å². The average molecular weight is 330 g/mol. The molecule has 0 saturated heterocycles. The maximum atomic E-state index is 12.0. The summed E-state index contributed by atoms with van der Waals surface area (Å²) in [6.07, 6.45) is 1.83. The SMILES string of the molecule is CCCOCCCNC(=O)c1ccc(Br)cc1OC. The molecule has 4 nitrogen and oxygen atoms in total. The van der Waals surface area contributed by atoms with Gasteiger partial charge in [0.05, 0.1) is 12.7 Å². The van der Waals surface area contributed by atoms with Crippen molar-refractivity contribution in [3.8, 4) is 5.75 Å². The first-order valence-electron chi connectivity index (χ1n) is 6.38. The lowest BCUT2D eigenvalue weighted by molar-refractivity contribution is 0.0938. The van der Waals surface area contributed by atoms with Gasteiger partial charge in [0, 0.05) is 24.2 Å². The zero-order valence-electron chi connectivity index (χ0n) is 11.4. The number of halogens is 1. The number of carbonyl (C=O) groups excluding carboxylic acids is 1. The minimum absolute atomic E-state index is 0.125. The highest BCUT2D eigenvalue weighted by Crippen LogP contribution is 2.23. The largest absolute Gasteiger partial charge is 0.496 e. The average Bonchev–Trinajstić information content (AvgIpc) is 2.42. The van der Waals surface area contributed by atoms with E-state index < -0.39 is 0 Å². The van der Waals surface area contributed by atoms with Crippen molar-refractivity contribution < 1.29 is 14.3 Å². The van der Waals surface area contributed by atoms with Gasteiger partial charge in [0.1, 0.15) is 5.75 Å². The van der Waals surface area contributed by atoms with Crippen LogP contribution in [0.5, 0.6) is 5.75 Å². The maximum Gasteiger partial charge on any atom is 0.255 e. The molecule has 106 valence electrons. The molecule has 0 aliphatic carbocycles. The number of ether oxygens (including phenoxy) is 2. The third kappa shape index (κ3) is 5.61. The molecule has 0 aromatic heterocycles. The lowest BCUT2D eigenvalue weighted by Gasteiger charge is -2.09. The van der Waals surface area contributed by atoms with E-state index >= 15 is 0 Å². The molecule has 1 aromatic carbocycles. The Hall–Kier alpha value is -1.07. The van der Waals surface area contributed by atoms with Crippen LogP contribution in [0.15, 0.2) is 22.7 Å². The van der Waals surface area contributed by atoms with E-state index in [1.54, 1.807) is 19.2 Å². The fourth-order valence-corrected chi connectivity index (χ4v) is 1.91. The van der Waals surface area contributed by atoms with Crippen LogP contribution in [0.3, 0.4) is 0 Å². The van der Waals surface area contributed by atoms with Gasteiger partial charge in [-0.25, -0.2) is 0 Å². The van der Waals surface area contributed by atoms with E-state index in [4.69, 9.17) is 9.47 Å². The van der Waals surface area contributed by atoms with Crippen molar-refractivity contribution in [3.05, 3.63) is 28.2 Å². The molecule has 19 heavy (non-hydrogen) atoms. The summed E-state index contributed by atoms with van der Waals surface area (Å²) in [5.41, 5.74) is 0.542. The summed E-state index contributed by atoms with van der Waals surface area (Å²) in [5, 5.41) is 2.86. The van der Waals surface area contributed by atoms with Gasteiger partial charge in [-0.2, -0.15) is 0 Å². The summed E-state index contributed by atoms with van der Waals surface area (Å²) < 4.78 is 11.4. The van der Waals surface area contributed by atoms with Crippen molar-refractivity contribution in [1.29, 1.82) is 0 Å². The summed E-state index contributed by atoms with van der Waals surface area (Å²) >= 11 is 3.35. The highest BCUT2D eigenvalue weighted by molar-refractivity contribution is 9.10. The van der Waals surface area contributed by atoms with Gasteiger partial charge in [-0.3, -0.25) is 4.79 Å². The summed E-state index contributed by atoms with van der Waals surface area (Å²) in [5.74, 6) is 0.439. The van der Waals surface area contributed by atoms with E-state index in [2.05, 4.69) is 28.2 Å². The second-order valence-electron chi connectivity index (χ2n) is 4.07. The molecule has 0 fully saturated rings. The van der Waals surface area contributed by atoms with E-state index in [0.717, 1.165) is 23.9 Å². The van der Waals surface area contributed by atoms with Crippen molar-refractivity contribution in [1.82, 2.24) is 5.32 Å². The Labute approximate surface area is 122 Å². The first-order chi connectivity index (χ1) is 9.19. The maximum absolute atomic E-state index is 12.0. The molecule has 0 heterocycles. The van der Waals surface area contributed by atoms with Crippen LogP contribution in [0, 0.1) is 0 Å². The molecule has 0 aliphatic rings. The molecular formula is C14H20BrNO3. The molecule has 0 unspecified atom stereocenters. The number of benzene rings is 1. The molecule has 0 atom stereocenters.